The standard InChI is InChI=1S/C15H20N2O3S/c1-15(2,21(4,18)19)10-17-14-12-6-5-7-13(20-3)11(12)8-9-16-14/h5-9H,10H2,1-4H3,(H,16,17). The molecular weight excluding hydrogens is 288 g/mol. The molecule has 0 amide bonds. The van der Waals surface area contributed by atoms with Gasteiger partial charge < -0.3 is 10.1 Å². The molecule has 0 unspecified atom stereocenters. The highest BCUT2D eigenvalue weighted by atomic mass is 32.2. The van der Waals surface area contributed by atoms with Crippen molar-refractivity contribution in [2.24, 2.45) is 0 Å². The summed E-state index contributed by atoms with van der Waals surface area (Å²) in [6.07, 6.45) is 2.93. The molecule has 1 N–H and O–H groups in total. The number of methoxy groups -OCH3 is 1. The lowest BCUT2D eigenvalue weighted by atomic mass is 10.1. The molecule has 0 aliphatic rings. The molecule has 0 fully saturated rings. The molecule has 6 heteroatoms. The highest BCUT2D eigenvalue weighted by Crippen LogP contribution is 2.29. The quantitative estimate of drug-likeness (QED) is 0.919. The Hall–Kier alpha value is -1.82. The average Bonchev–Trinajstić information content (AvgIpc) is 2.43. The minimum Gasteiger partial charge on any atom is -0.496 e. The van der Waals surface area contributed by atoms with Crippen molar-refractivity contribution in [3.63, 3.8) is 0 Å². The zero-order valence-corrected chi connectivity index (χ0v) is 13.5. The van der Waals surface area contributed by atoms with Gasteiger partial charge in [0.1, 0.15) is 11.6 Å². The van der Waals surface area contributed by atoms with Gasteiger partial charge in [-0.2, -0.15) is 0 Å². The maximum absolute atomic E-state index is 11.8. The average molecular weight is 308 g/mol. The van der Waals surface area contributed by atoms with Gasteiger partial charge in [-0.05, 0) is 26.0 Å². The van der Waals surface area contributed by atoms with Crippen LogP contribution in [-0.2, 0) is 9.84 Å². The zero-order chi connectivity index (χ0) is 15.7. The van der Waals surface area contributed by atoms with E-state index >= 15 is 0 Å². The van der Waals surface area contributed by atoms with Crippen molar-refractivity contribution in [1.29, 1.82) is 0 Å². The number of anilines is 1. The summed E-state index contributed by atoms with van der Waals surface area (Å²) in [5.74, 6) is 1.42. The fourth-order valence-electron chi connectivity index (χ4n) is 1.92. The van der Waals surface area contributed by atoms with E-state index in [4.69, 9.17) is 4.74 Å². The molecule has 1 aromatic carbocycles. The Bertz CT molecular complexity index is 755. The van der Waals surface area contributed by atoms with Crippen LogP contribution >= 0.6 is 0 Å². The van der Waals surface area contributed by atoms with E-state index in [1.165, 1.54) is 6.26 Å². The molecule has 0 saturated heterocycles. The molecule has 5 nitrogen and oxygen atoms in total. The first-order chi connectivity index (χ1) is 9.76. The first-order valence-electron chi connectivity index (χ1n) is 6.61. The molecule has 0 atom stereocenters. The molecule has 0 aliphatic heterocycles. The van der Waals surface area contributed by atoms with Gasteiger partial charge in [-0.15, -0.1) is 0 Å². The third-order valence-corrected chi connectivity index (χ3v) is 5.82. The number of benzene rings is 1. The number of ether oxygens (including phenoxy) is 1. The van der Waals surface area contributed by atoms with Crippen LogP contribution < -0.4 is 10.1 Å². The van der Waals surface area contributed by atoms with Crippen molar-refractivity contribution in [2.75, 3.05) is 25.2 Å². The Morgan fingerprint density at radius 2 is 1.95 bits per heavy atom. The lowest BCUT2D eigenvalue weighted by Crippen LogP contribution is -2.38. The molecule has 0 saturated carbocycles. The van der Waals surface area contributed by atoms with Gasteiger partial charge in [0.15, 0.2) is 9.84 Å². The Kier molecular flexibility index (Phi) is 4.09. The predicted molar refractivity (Wildman–Crippen MR) is 85.7 cm³/mol. The normalized spacial score (nSPS) is 12.4. The fraction of sp³-hybridized carbons (Fsp3) is 0.400. The van der Waals surface area contributed by atoms with Crippen LogP contribution in [0, 0.1) is 0 Å². The third-order valence-electron chi connectivity index (χ3n) is 3.67. The molecule has 2 rings (SSSR count). The van der Waals surface area contributed by atoms with Gasteiger partial charge in [-0.25, -0.2) is 13.4 Å². The molecule has 21 heavy (non-hydrogen) atoms. The van der Waals surface area contributed by atoms with Crippen molar-refractivity contribution in [1.82, 2.24) is 4.98 Å². The third kappa shape index (κ3) is 3.10. The van der Waals surface area contributed by atoms with E-state index in [-0.39, 0.29) is 6.54 Å². The molecular formula is C15H20N2O3S. The van der Waals surface area contributed by atoms with Crippen LogP contribution in [0.5, 0.6) is 5.75 Å². The van der Waals surface area contributed by atoms with E-state index in [1.807, 2.05) is 24.3 Å². The van der Waals surface area contributed by atoms with Crippen molar-refractivity contribution in [3.05, 3.63) is 30.5 Å². The molecule has 1 aromatic heterocycles. The van der Waals surface area contributed by atoms with E-state index in [0.29, 0.717) is 5.82 Å². The number of sulfone groups is 1. The first kappa shape index (κ1) is 15.6. The summed E-state index contributed by atoms with van der Waals surface area (Å²) >= 11 is 0. The number of hydrogen-bond acceptors (Lipinski definition) is 5. The Morgan fingerprint density at radius 3 is 2.57 bits per heavy atom. The predicted octanol–water partition coefficient (Wildman–Crippen LogP) is 2.48. The number of nitrogens with one attached hydrogen (secondary N) is 1. The topological polar surface area (TPSA) is 68.3 Å². The van der Waals surface area contributed by atoms with Gasteiger partial charge in [0.25, 0.3) is 0 Å². The van der Waals surface area contributed by atoms with E-state index in [2.05, 4.69) is 10.3 Å². The van der Waals surface area contributed by atoms with Crippen molar-refractivity contribution in [2.45, 2.75) is 18.6 Å². The summed E-state index contributed by atoms with van der Waals surface area (Å²) in [5.41, 5.74) is 0. The second kappa shape index (κ2) is 5.52. The molecule has 2 aromatic rings. The number of nitrogens with zero attached hydrogens (tertiary/aromatic N) is 1. The summed E-state index contributed by atoms with van der Waals surface area (Å²) in [6.45, 7) is 3.68. The second-order valence-corrected chi connectivity index (χ2v) is 8.25. The molecule has 0 bridgehead atoms. The van der Waals surface area contributed by atoms with Gasteiger partial charge in [-0.1, -0.05) is 12.1 Å². The van der Waals surface area contributed by atoms with Gasteiger partial charge in [-0.3, -0.25) is 0 Å². The number of aromatic nitrogens is 1. The SMILES string of the molecule is COc1cccc2c(NCC(C)(C)S(C)(=O)=O)nccc12. The summed E-state index contributed by atoms with van der Waals surface area (Å²) in [6, 6.07) is 7.57. The maximum atomic E-state index is 11.8. The van der Waals surface area contributed by atoms with Crippen LogP contribution in [-0.4, -0.2) is 38.1 Å². The minimum absolute atomic E-state index is 0.287. The van der Waals surface area contributed by atoms with E-state index in [1.54, 1.807) is 27.2 Å². The fourth-order valence-corrected chi connectivity index (χ4v) is 2.26. The minimum atomic E-state index is -3.15. The Balaban J connectivity index is 2.36. The summed E-state index contributed by atoms with van der Waals surface area (Å²) in [5, 5.41) is 4.98. The highest BCUT2D eigenvalue weighted by molar-refractivity contribution is 7.92. The van der Waals surface area contributed by atoms with Crippen LogP contribution in [0.4, 0.5) is 5.82 Å². The molecule has 0 radical (unpaired) electrons. The summed E-state index contributed by atoms with van der Waals surface area (Å²) in [4.78, 5) is 4.31. The van der Waals surface area contributed by atoms with E-state index in [9.17, 15) is 8.42 Å². The van der Waals surface area contributed by atoms with Gasteiger partial charge in [0.2, 0.25) is 0 Å². The molecule has 114 valence electrons. The first-order valence-corrected chi connectivity index (χ1v) is 8.50. The van der Waals surface area contributed by atoms with Crippen molar-refractivity contribution >= 4 is 26.4 Å². The van der Waals surface area contributed by atoms with Crippen molar-refractivity contribution in [3.8, 4) is 5.75 Å². The van der Waals surface area contributed by atoms with Crippen LogP contribution in [0.25, 0.3) is 10.8 Å². The largest absolute Gasteiger partial charge is 0.496 e. The number of hydrogen-bond donors (Lipinski definition) is 1. The van der Waals surface area contributed by atoms with E-state index in [0.717, 1.165) is 16.5 Å². The molecule has 1 heterocycles. The Labute approximate surface area is 125 Å². The second-order valence-electron chi connectivity index (χ2n) is 5.60. The molecule has 0 aliphatic carbocycles. The lowest BCUT2D eigenvalue weighted by molar-refractivity contribution is 0.420. The van der Waals surface area contributed by atoms with Gasteiger partial charge in [0.05, 0.1) is 11.9 Å². The Morgan fingerprint density at radius 1 is 1.24 bits per heavy atom. The van der Waals surface area contributed by atoms with Gasteiger partial charge >= 0.3 is 0 Å². The highest BCUT2D eigenvalue weighted by Gasteiger charge is 2.30. The van der Waals surface area contributed by atoms with E-state index < -0.39 is 14.6 Å². The van der Waals surface area contributed by atoms with Crippen LogP contribution in [0.2, 0.25) is 0 Å². The maximum Gasteiger partial charge on any atom is 0.154 e. The number of fused-ring (bicyclic) bond motifs is 1. The zero-order valence-electron chi connectivity index (χ0n) is 12.7. The monoisotopic (exact) mass is 308 g/mol. The van der Waals surface area contributed by atoms with Crippen LogP contribution in [0.1, 0.15) is 13.8 Å². The van der Waals surface area contributed by atoms with Gasteiger partial charge in [0, 0.05) is 29.8 Å². The number of pyridine rings is 1. The molecule has 0 spiro atoms. The summed E-state index contributed by atoms with van der Waals surface area (Å²) < 4.78 is 28.0. The lowest BCUT2D eigenvalue weighted by Gasteiger charge is -2.23. The number of rotatable bonds is 5. The summed E-state index contributed by atoms with van der Waals surface area (Å²) in [7, 11) is -1.53. The van der Waals surface area contributed by atoms with Crippen LogP contribution in [0.15, 0.2) is 30.5 Å². The van der Waals surface area contributed by atoms with Crippen molar-refractivity contribution < 1.29 is 13.2 Å². The van der Waals surface area contributed by atoms with Crippen LogP contribution in [0.3, 0.4) is 0 Å². The smallest absolute Gasteiger partial charge is 0.154 e.